The molecule has 0 unspecified atom stereocenters. The summed E-state index contributed by atoms with van der Waals surface area (Å²) in [5.41, 5.74) is 5.21. The molecule has 15 heavy (non-hydrogen) atoms. The van der Waals surface area contributed by atoms with Gasteiger partial charge in [0.15, 0.2) is 10.3 Å². The molecule has 0 bridgehead atoms. The number of amides is 1. The molecule has 1 amide bonds. The highest BCUT2D eigenvalue weighted by Crippen LogP contribution is 2.16. The van der Waals surface area contributed by atoms with Crippen molar-refractivity contribution in [3.63, 3.8) is 0 Å². The van der Waals surface area contributed by atoms with Crippen molar-refractivity contribution in [3.05, 3.63) is 0 Å². The fourth-order valence-corrected chi connectivity index (χ4v) is 2.33. The Morgan fingerprint density at radius 3 is 2.93 bits per heavy atom. The van der Waals surface area contributed by atoms with Crippen molar-refractivity contribution in [2.45, 2.75) is 19.4 Å². The first-order valence-corrected chi connectivity index (χ1v) is 5.98. The third-order valence-corrected chi connectivity index (χ3v) is 3.19. The van der Waals surface area contributed by atoms with Crippen molar-refractivity contribution in [2.75, 3.05) is 5.75 Å². The molecule has 0 aromatic carbocycles. The molecule has 7 heteroatoms. The van der Waals surface area contributed by atoms with Gasteiger partial charge in [0.1, 0.15) is 0 Å². The van der Waals surface area contributed by atoms with Crippen LogP contribution in [0.2, 0.25) is 0 Å². The van der Waals surface area contributed by atoms with E-state index in [2.05, 4.69) is 10.6 Å². The molecule has 0 aromatic heterocycles. The Bertz CT molecular complexity index is 294. The van der Waals surface area contributed by atoms with Crippen LogP contribution < -0.4 is 16.4 Å². The van der Waals surface area contributed by atoms with E-state index >= 15 is 0 Å². The van der Waals surface area contributed by atoms with Crippen LogP contribution in [0.25, 0.3) is 0 Å². The molecule has 5 N–H and O–H groups in total. The lowest BCUT2D eigenvalue weighted by Crippen LogP contribution is -2.56. The normalized spacial score (nSPS) is 25.7. The number of thioether (sulfide) groups is 1. The topological polar surface area (TPSA) is 91.0 Å². The Kier molecular flexibility index (Phi) is 4.34. The SMILES string of the molecule is C[C@@H]1NC(=S)NC(=O)[C@H]1CCSC(=N)N. The van der Waals surface area contributed by atoms with Gasteiger partial charge in [-0.05, 0) is 25.6 Å². The van der Waals surface area contributed by atoms with Gasteiger partial charge >= 0.3 is 0 Å². The molecule has 0 aromatic rings. The molecular weight excluding hydrogens is 232 g/mol. The summed E-state index contributed by atoms with van der Waals surface area (Å²) in [6.45, 7) is 1.92. The van der Waals surface area contributed by atoms with E-state index in [0.29, 0.717) is 17.3 Å². The van der Waals surface area contributed by atoms with Crippen LogP contribution in [0.4, 0.5) is 0 Å². The average molecular weight is 246 g/mol. The zero-order valence-corrected chi connectivity index (χ0v) is 10.0. The molecule has 0 aliphatic carbocycles. The van der Waals surface area contributed by atoms with Crippen LogP contribution in [0.5, 0.6) is 0 Å². The summed E-state index contributed by atoms with van der Waals surface area (Å²) in [6, 6.07) is 0.0406. The monoisotopic (exact) mass is 246 g/mol. The molecular formula is C8H14N4OS2. The summed E-state index contributed by atoms with van der Waals surface area (Å²) >= 11 is 6.11. The Labute approximate surface area is 98.1 Å². The van der Waals surface area contributed by atoms with E-state index in [4.69, 9.17) is 23.4 Å². The zero-order valence-electron chi connectivity index (χ0n) is 8.37. The van der Waals surface area contributed by atoms with Gasteiger partial charge in [-0.1, -0.05) is 11.8 Å². The van der Waals surface area contributed by atoms with Gasteiger partial charge < -0.3 is 16.4 Å². The van der Waals surface area contributed by atoms with Crippen LogP contribution in [-0.4, -0.2) is 28.0 Å². The Balaban J connectivity index is 2.42. The van der Waals surface area contributed by atoms with E-state index in [1.807, 2.05) is 6.92 Å². The Morgan fingerprint density at radius 2 is 2.40 bits per heavy atom. The summed E-state index contributed by atoms with van der Waals surface area (Å²) in [5, 5.41) is 13.1. The average Bonchev–Trinajstić information content (AvgIpc) is 2.08. The van der Waals surface area contributed by atoms with E-state index in [-0.39, 0.29) is 23.0 Å². The Morgan fingerprint density at radius 1 is 1.73 bits per heavy atom. The van der Waals surface area contributed by atoms with Crippen molar-refractivity contribution in [1.29, 1.82) is 5.41 Å². The largest absolute Gasteiger partial charge is 0.379 e. The summed E-state index contributed by atoms with van der Waals surface area (Å²) in [5.74, 6) is 0.519. The number of hydrogen-bond acceptors (Lipinski definition) is 4. The van der Waals surface area contributed by atoms with Crippen molar-refractivity contribution in [2.24, 2.45) is 11.7 Å². The molecule has 1 fully saturated rings. The molecule has 1 rings (SSSR count). The number of rotatable bonds is 3. The molecule has 1 aliphatic rings. The second-order valence-electron chi connectivity index (χ2n) is 3.36. The molecule has 1 saturated heterocycles. The maximum atomic E-state index is 11.6. The van der Waals surface area contributed by atoms with E-state index in [1.165, 1.54) is 11.8 Å². The van der Waals surface area contributed by atoms with Crippen LogP contribution in [0.15, 0.2) is 0 Å². The molecule has 5 nitrogen and oxygen atoms in total. The first-order chi connectivity index (χ1) is 7.00. The molecule has 84 valence electrons. The van der Waals surface area contributed by atoms with E-state index < -0.39 is 0 Å². The smallest absolute Gasteiger partial charge is 0.231 e. The van der Waals surface area contributed by atoms with Crippen molar-refractivity contribution in [1.82, 2.24) is 10.6 Å². The highest BCUT2D eigenvalue weighted by atomic mass is 32.2. The van der Waals surface area contributed by atoms with E-state index in [9.17, 15) is 4.79 Å². The number of thiocarbonyl (C=S) groups is 1. The number of carbonyl (C=O) groups excluding carboxylic acids is 1. The van der Waals surface area contributed by atoms with Crippen LogP contribution in [0.3, 0.4) is 0 Å². The predicted molar refractivity (Wildman–Crippen MR) is 65.8 cm³/mol. The van der Waals surface area contributed by atoms with Gasteiger partial charge in [-0.2, -0.15) is 0 Å². The second-order valence-corrected chi connectivity index (χ2v) is 4.90. The minimum absolute atomic E-state index is 0.0406. The number of nitrogens with one attached hydrogen (secondary N) is 3. The summed E-state index contributed by atoms with van der Waals surface area (Å²) in [7, 11) is 0. The maximum absolute atomic E-state index is 11.6. The maximum Gasteiger partial charge on any atom is 0.231 e. The summed E-state index contributed by atoms with van der Waals surface area (Å²) in [6.07, 6.45) is 0.687. The molecule has 1 aliphatic heterocycles. The van der Waals surface area contributed by atoms with Gasteiger partial charge in [0, 0.05) is 11.8 Å². The van der Waals surface area contributed by atoms with E-state index in [1.54, 1.807) is 0 Å². The van der Waals surface area contributed by atoms with E-state index in [0.717, 1.165) is 0 Å². The van der Waals surface area contributed by atoms with Crippen LogP contribution in [0.1, 0.15) is 13.3 Å². The predicted octanol–water partition coefficient (Wildman–Crippen LogP) is 0.0122. The lowest BCUT2D eigenvalue weighted by atomic mass is 9.96. The molecule has 0 saturated carbocycles. The molecule has 2 atom stereocenters. The molecule has 1 heterocycles. The van der Waals surface area contributed by atoms with Gasteiger partial charge in [-0.3, -0.25) is 10.2 Å². The third kappa shape index (κ3) is 3.67. The quantitative estimate of drug-likeness (QED) is 0.320. The lowest BCUT2D eigenvalue weighted by molar-refractivity contribution is -0.125. The van der Waals surface area contributed by atoms with Gasteiger partial charge in [-0.15, -0.1) is 0 Å². The highest BCUT2D eigenvalue weighted by Gasteiger charge is 2.30. The fraction of sp³-hybridized carbons (Fsp3) is 0.625. The number of nitrogens with two attached hydrogens (primary N) is 1. The minimum Gasteiger partial charge on any atom is -0.379 e. The van der Waals surface area contributed by atoms with Gasteiger partial charge in [0.05, 0.1) is 5.92 Å². The standard InChI is InChI=1S/C8H14N4OS2/c1-4-5(2-3-15-7(9)10)6(13)12-8(14)11-4/h4-5H,2-3H2,1H3,(H3,9,10)(H2,11,12,13,14)/t4-,5-/m0/s1. The minimum atomic E-state index is -0.108. The Hall–Kier alpha value is -0.820. The van der Waals surface area contributed by atoms with Crippen LogP contribution in [0, 0.1) is 11.3 Å². The van der Waals surface area contributed by atoms with Gasteiger partial charge in [-0.25, -0.2) is 0 Å². The first-order valence-electron chi connectivity index (χ1n) is 4.59. The van der Waals surface area contributed by atoms with Crippen LogP contribution >= 0.6 is 24.0 Å². The lowest BCUT2D eigenvalue weighted by Gasteiger charge is -2.30. The highest BCUT2D eigenvalue weighted by molar-refractivity contribution is 8.13. The number of carbonyl (C=O) groups is 1. The fourth-order valence-electron chi connectivity index (χ4n) is 1.45. The third-order valence-electron chi connectivity index (χ3n) is 2.22. The van der Waals surface area contributed by atoms with Crippen molar-refractivity contribution in [3.8, 4) is 0 Å². The van der Waals surface area contributed by atoms with Crippen LogP contribution in [-0.2, 0) is 4.79 Å². The van der Waals surface area contributed by atoms with Gasteiger partial charge in [0.2, 0.25) is 5.91 Å². The van der Waals surface area contributed by atoms with Gasteiger partial charge in [0.25, 0.3) is 0 Å². The van der Waals surface area contributed by atoms with Crippen molar-refractivity contribution >= 4 is 40.2 Å². The summed E-state index contributed by atoms with van der Waals surface area (Å²) in [4.78, 5) is 11.6. The number of hydrogen-bond donors (Lipinski definition) is 4. The molecule has 0 radical (unpaired) electrons. The zero-order chi connectivity index (χ0) is 11.4. The van der Waals surface area contributed by atoms with Crippen molar-refractivity contribution < 1.29 is 4.79 Å². The molecule has 0 spiro atoms. The summed E-state index contributed by atoms with van der Waals surface area (Å²) < 4.78 is 0. The first kappa shape index (κ1) is 12.3. The number of amidine groups is 1. The second kappa shape index (κ2) is 5.32.